The summed E-state index contributed by atoms with van der Waals surface area (Å²) in [5.41, 5.74) is 1.22. The molecule has 1 aromatic carbocycles. The Morgan fingerprint density at radius 1 is 1.29 bits per heavy atom. The first-order chi connectivity index (χ1) is 10.3. The fourth-order valence-corrected chi connectivity index (χ4v) is 5.01. The maximum absolute atomic E-state index is 12.3. The number of nitrogens with zero attached hydrogens (tertiary/aromatic N) is 1. The van der Waals surface area contributed by atoms with Crippen molar-refractivity contribution in [3.8, 4) is 0 Å². The molecule has 0 aliphatic carbocycles. The Balaban J connectivity index is 1.68. The van der Waals surface area contributed by atoms with E-state index in [0.29, 0.717) is 17.3 Å². The van der Waals surface area contributed by atoms with Crippen LogP contribution in [0.5, 0.6) is 0 Å². The predicted octanol–water partition coefficient (Wildman–Crippen LogP) is 3.64. The highest BCUT2D eigenvalue weighted by Gasteiger charge is 2.47. The molecule has 2 amide bonds. The summed E-state index contributed by atoms with van der Waals surface area (Å²) >= 11 is 2.04. The normalized spacial score (nSPS) is 27.8. The standard InChI is InChI=1S/C17H24N2OS/c1-2-3-5-10-15-16-14(12-21-15)18-17(20)19(16)11-13-8-6-4-7-9-13/h4,6-9,14-16H,2-3,5,10-12H2,1H3,(H,18,20)/t14-,15+,16-/m1/s1. The maximum atomic E-state index is 12.3. The van der Waals surface area contributed by atoms with E-state index in [2.05, 4.69) is 29.3 Å². The third-order valence-electron chi connectivity index (χ3n) is 4.50. The number of benzene rings is 1. The zero-order valence-electron chi connectivity index (χ0n) is 12.6. The Morgan fingerprint density at radius 3 is 2.86 bits per heavy atom. The van der Waals surface area contributed by atoms with Gasteiger partial charge in [0.1, 0.15) is 0 Å². The third-order valence-corrected chi connectivity index (χ3v) is 5.99. The number of carbonyl (C=O) groups is 1. The van der Waals surface area contributed by atoms with Gasteiger partial charge in [0.05, 0.1) is 12.1 Å². The lowest BCUT2D eigenvalue weighted by Crippen LogP contribution is -2.40. The van der Waals surface area contributed by atoms with Crippen molar-refractivity contribution in [3.05, 3.63) is 35.9 Å². The number of hydrogen-bond donors (Lipinski definition) is 1. The number of carbonyl (C=O) groups excluding carboxylic acids is 1. The smallest absolute Gasteiger partial charge is 0.318 e. The highest BCUT2D eigenvalue weighted by molar-refractivity contribution is 8.00. The van der Waals surface area contributed by atoms with Crippen molar-refractivity contribution in [2.24, 2.45) is 0 Å². The molecule has 2 heterocycles. The Morgan fingerprint density at radius 2 is 2.10 bits per heavy atom. The van der Waals surface area contributed by atoms with Gasteiger partial charge in [-0.2, -0.15) is 11.8 Å². The van der Waals surface area contributed by atoms with E-state index in [-0.39, 0.29) is 6.03 Å². The minimum atomic E-state index is 0.120. The molecule has 2 aliphatic rings. The van der Waals surface area contributed by atoms with Gasteiger partial charge in [-0.05, 0) is 12.0 Å². The molecule has 0 aromatic heterocycles. The van der Waals surface area contributed by atoms with Gasteiger partial charge in [0.2, 0.25) is 0 Å². The summed E-state index contributed by atoms with van der Waals surface area (Å²) in [5, 5.41) is 3.77. The largest absolute Gasteiger partial charge is 0.332 e. The van der Waals surface area contributed by atoms with Gasteiger partial charge < -0.3 is 10.2 Å². The second-order valence-electron chi connectivity index (χ2n) is 6.03. The van der Waals surface area contributed by atoms with E-state index >= 15 is 0 Å². The third kappa shape index (κ3) is 3.20. The topological polar surface area (TPSA) is 32.3 Å². The van der Waals surface area contributed by atoms with Gasteiger partial charge in [-0.3, -0.25) is 0 Å². The quantitative estimate of drug-likeness (QED) is 0.643. The Bertz CT molecular complexity index is 479. The molecule has 0 saturated carbocycles. The number of nitrogens with one attached hydrogen (secondary N) is 1. The first-order valence-electron chi connectivity index (χ1n) is 8.02. The molecule has 0 bridgehead atoms. The van der Waals surface area contributed by atoms with Crippen LogP contribution in [0.2, 0.25) is 0 Å². The molecule has 2 aliphatic heterocycles. The molecule has 3 rings (SSSR count). The minimum absolute atomic E-state index is 0.120. The van der Waals surface area contributed by atoms with Crippen LogP contribution in [0.3, 0.4) is 0 Å². The van der Waals surface area contributed by atoms with Gasteiger partial charge in [-0.1, -0.05) is 56.5 Å². The van der Waals surface area contributed by atoms with Crippen LogP contribution >= 0.6 is 11.8 Å². The maximum Gasteiger partial charge on any atom is 0.318 e. The van der Waals surface area contributed by atoms with Crippen LogP contribution in [0, 0.1) is 0 Å². The van der Waals surface area contributed by atoms with Crippen molar-refractivity contribution in [3.63, 3.8) is 0 Å². The molecule has 3 nitrogen and oxygen atoms in total. The van der Waals surface area contributed by atoms with Gasteiger partial charge in [0.25, 0.3) is 0 Å². The Labute approximate surface area is 131 Å². The van der Waals surface area contributed by atoms with E-state index in [9.17, 15) is 4.79 Å². The average molecular weight is 304 g/mol. The molecule has 2 saturated heterocycles. The molecule has 4 heteroatoms. The first kappa shape index (κ1) is 14.8. The van der Waals surface area contributed by atoms with Crippen molar-refractivity contribution < 1.29 is 4.79 Å². The fraction of sp³-hybridized carbons (Fsp3) is 0.588. The van der Waals surface area contributed by atoms with Gasteiger partial charge >= 0.3 is 6.03 Å². The second-order valence-corrected chi connectivity index (χ2v) is 7.30. The summed E-state index contributed by atoms with van der Waals surface area (Å²) in [6.07, 6.45) is 5.08. The van der Waals surface area contributed by atoms with Crippen LogP contribution in [0.25, 0.3) is 0 Å². The van der Waals surface area contributed by atoms with E-state index in [1.54, 1.807) is 0 Å². The SMILES string of the molecule is CCCCC[C@@H]1SC[C@H]2NC(=O)N(Cc3ccccc3)[C@@H]12. The van der Waals surface area contributed by atoms with Gasteiger partial charge in [0, 0.05) is 17.5 Å². The van der Waals surface area contributed by atoms with Crippen LogP contribution in [0.4, 0.5) is 4.79 Å². The molecule has 0 unspecified atom stereocenters. The molecule has 2 fully saturated rings. The lowest BCUT2D eigenvalue weighted by Gasteiger charge is -2.27. The molecule has 0 spiro atoms. The van der Waals surface area contributed by atoms with Crippen molar-refractivity contribution in [2.75, 3.05) is 5.75 Å². The van der Waals surface area contributed by atoms with E-state index in [1.807, 2.05) is 30.0 Å². The monoisotopic (exact) mass is 304 g/mol. The summed E-state index contributed by atoms with van der Waals surface area (Å²) in [5.74, 6) is 1.07. The van der Waals surface area contributed by atoms with Crippen molar-refractivity contribution in [1.82, 2.24) is 10.2 Å². The zero-order chi connectivity index (χ0) is 14.7. The summed E-state index contributed by atoms with van der Waals surface area (Å²) < 4.78 is 0. The van der Waals surface area contributed by atoms with E-state index in [4.69, 9.17) is 0 Å². The number of amides is 2. The van der Waals surface area contributed by atoms with E-state index < -0.39 is 0 Å². The summed E-state index contributed by atoms with van der Waals surface area (Å²) in [6.45, 7) is 2.98. The molecule has 114 valence electrons. The van der Waals surface area contributed by atoms with E-state index in [1.165, 1.54) is 31.2 Å². The van der Waals surface area contributed by atoms with Crippen LogP contribution in [0.15, 0.2) is 30.3 Å². The predicted molar refractivity (Wildman–Crippen MR) is 88.5 cm³/mol. The van der Waals surface area contributed by atoms with Crippen molar-refractivity contribution >= 4 is 17.8 Å². The number of hydrogen-bond acceptors (Lipinski definition) is 2. The van der Waals surface area contributed by atoms with Gasteiger partial charge in [0.15, 0.2) is 0 Å². The fourth-order valence-electron chi connectivity index (χ4n) is 3.41. The Hall–Kier alpha value is -1.16. The van der Waals surface area contributed by atoms with E-state index in [0.717, 1.165) is 12.3 Å². The molecule has 3 atom stereocenters. The summed E-state index contributed by atoms with van der Waals surface area (Å²) in [6, 6.07) is 11.2. The van der Waals surface area contributed by atoms with Gasteiger partial charge in [-0.25, -0.2) is 4.79 Å². The molecule has 21 heavy (non-hydrogen) atoms. The molecular formula is C17H24N2OS. The number of rotatable bonds is 6. The first-order valence-corrected chi connectivity index (χ1v) is 9.07. The van der Waals surface area contributed by atoms with Crippen molar-refractivity contribution in [2.45, 2.75) is 56.5 Å². The average Bonchev–Trinajstić information content (AvgIpc) is 3.02. The van der Waals surface area contributed by atoms with Crippen LogP contribution in [-0.4, -0.2) is 34.0 Å². The van der Waals surface area contributed by atoms with Crippen LogP contribution < -0.4 is 5.32 Å². The van der Waals surface area contributed by atoms with Crippen LogP contribution in [-0.2, 0) is 6.54 Å². The molecule has 1 aromatic rings. The zero-order valence-corrected chi connectivity index (χ0v) is 13.4. The lowest BCUT2D eigenvalue weighted by molar-refractivity contribution is 0.197. The highest BCUT2D eigenvalue weighted by atomic mass is 32.2. The molecular weight excluding hydrogens is 280 g/mol. The van der Waals surface area contributed by atoms with Crippen molar-refractivity contribution in [1.29, 1.82) is 0 Å². The highest BCUT2D eigenvalue weighted by Crippen LogP contribution is 2.38. The number of unbranched alkanes of at least 4 members (excludes halogenated alkanes) is 2. The number of thioether (sulfide) groups is 1. The summed E-state index contributed by atoms with van der Waals surface area (Å²) in [7, 11) is 0. The minimum Gasteiger partial charge on any atom is -0.332 e. The second kappa shape index (κ2) is 6.73. The number of urea groups is 1. The Kier molecular flexibility index (Phi) is 4.73. The van der Waals surface area contributed by atoms with Gasteiger partial charge in [-0.15, -0.1) is 0 Å². The molecule has 0 radical (unpaired) electrons. The lowest BCUT2D eigenvalue weighted by atomic mass is 10.0. The molecule has 1 N–H and O–H groups in total. The van der Waals surface area contributed by atoms with Crippen LogP contribution in [0.1, 0.15) is 38.2 Å². The summed E-state index contributed by atoms with van der Waals surface area (Å²) in [4.78, 5) is 14.3. The number of fused-ring (bicyclic) bond motifs is 1.